The van der Waals surface area contributed by atoms with Gasteiger partial charge in [0.25, 0.3) is 0 Å². The van der Waals surface area contributed by atoms with Crippen LogP contribution in [0.1, 0.15) is 25.6 Å². The smallest absolute Gasteiger partial charge is 0.410 e. The van der Waals surface area contributed by atoms with Crippen LogP contribution in [-0.2, 0) is 11.3 Å². The number of urea groups is 1. The Balaban J connectivity index is 1.57. The second-order valence-electron chi connectivity index (χ2n) is 7.00. The summed E-state index contributed by atoms with van der Waals surface area (Å²) in [7, 11) is 0. The molecule has 0 radical (unpaired) electrons. The molecule has 0 saturated carbocycles. The summed E-state index contributed by atoms with van der Waals surface area (Å²) in [5.74, 6) is 0. The molecule has 0 aromatic carbocycles. The van der Waals surface area contributed by atoms with Gasteiger partial charge < -0.3 is 20.3 Å². The van der Waals surface area contributed by atoms with Crippen LogP contribution in [0.2, 0.25) is 0 Å². The molecule has 0 aliphatic carbocycles. The maximum absolute atomic E-state index is 12.0. The summed E-state index contributed by atoms with van der Waals surface area (Å²) in [6.45, 7) is 10.4. The van der Waals surface area contributed by atoms with Crippen LogP contribution in [-0.4, -0.2) is 66.8 Å². The average molecular weight is 369 g/mol. The van der Waals surface area contributed by atoms with Crippen molar-refractivity contribution < 1.29 is 14.3 Å². The highest BCUT2D eigenvalue weighted by Crippen LogP contribution is 2.11. The van der Waals surface area contributed by atoms with E-state index in [-0.39, 0.29) is 12.1 Å². The van der Waals surface area contributed by atoms with Gasteiger partial charge in [0.15, 0.2) is 0 Å². The summed E-state index contributed by atoms with van der Waals surface area (Å²) in [5.41, 5.74) is -0.464. The molecule has 1 aliphatic heterocycles. The molecule has 1 aromatic heterocycles. The maximum Gasteiger partial charge on any atom is 0.410 e. The molecule has 1 saturated heterocycles. The second kappa shape index (κ2) is 9.05. The van der Waals surface area contributed by atoms with Gasteiger partial charge in [-0.05, 0) is 32.2 Å². The SMILES string of the molecule is CC(C)(C)OC(=O)N1CCN(CCNC(=O)NCc2cccs2)CC1. The third-order valence-electron chi connectivity index (χ3n) is 3.74. The first kappa shape index (κ1) is 19.5. The number of rotatable bonds is 5. The first-order chi connectivity index (χ1) is 11.8. The average Bonchev–Trinajstić information content (AvgIpc) is 3.05. The zero-order chi connectivity index (χ0) is 18.3. The molecule has 2 heterocycles. The minimum atomic E-state index is -0.464. The van der Waals surface area contributed by atoms with Crippen molar-refractivity contribution in [1.29, 1.82) is 0 Å². The van der Waals surface area contributed by atoms with Crippen molar-refractivity contribution in [2.75, 3.05) is 39.3 Å². The first-order valence-corrected chi connectivity index (χ1v) is 9.46. The summed E-state index contributed by atoms with van der Waals surface area (Å²) in [6, 6.07) is 3.81. The van der Waals surface area contributed by atoms with Gasteiger partial charge in [-0.15, -0.1) is 11.3 Å². The van der Waals surface area contributed by atoms with Gasteiger partial charge >= 0.3 is 12.1 Å². The van der Waals surface area contributed by atoms with Gasteiger partial charge in [0.1, 0.15) is 5.60 Å². The molecule has 0 bridgehead atoms. The minimum Gasteiger partial charge on any atom is -0.444 e. The van der Waals surface area contributed by atoms with E-state index in [0.717, 1.165) is 24.5 Å². The molecule has 2 N–H and O–H groups in total. The molecule has 0 unspecified atom stereocenters. The number of nitrogens with zero attached hydrogens (tertiary/aromatic N) is 2. The number of carbonyl (C=O) groups excluding carboxylic acids is 2. The largest absolute Gasteiger partial charge is 0.444 e. The molecule has 7 nitrogen and oxygen atoms in total. The van der Waals surface area contributed by atoms with E-state index in [9.17, 15) is 9.59 Å². The second-order valence-corrected chi connectivity index (χ2v) is 8.03. The molecule has 140 valence electrons. The van der Waals surface area contributed by atoms with Crippen molar-refractivity contribution in [3.05, 3.63) is 22.4 Å². The predicted molar refractivity (Wildman–Crippen MR) is 98.8 cm³/mol. The Kier molecular flexibility index (Phi) is 7.07. The van der Waals surface area contributed by atoms with Gasteiger partial charge in [-0.2, -0.15) is 0 Å². The lowest BCUT2D eigenvalue weighted by Gasteiger charge is -2.35. The normalized spacial score (nSPS) is 15.7. The Hall–Kier alpha value is -1.80. The van der Waals surface area contributed by atoms with E-state index >= 15 is 0 Å². The number of carbonyl (C=O) groups is 2. The Morgan fingerprint density at radius 1 is 1.20 bits per heavy atom. The molecule has 1 aliphatic rings. The molecular formula is C17H28N4O3S. The minimum absolute atomic E-state index is 0.152. The molecule has 8 heteroatoms. The van der Waals surface area contributed by atoms with Gasteiger partial charge in [0.2, 0.25) is 0 Å². The fourth-order valence-electron chi connectivity index (χ4n) is 2.45. The van der Waals surface area contributed by atoms with Gasteiger partial charge in [-0.3, -0.25) is 4.90 Å². The first-order valence-electron chi connectivity index (χ1n) is 8.58. The van der Waals surface area contributed by atoms with Crippen molar-refractivity contribution in [3.63, 3.8) is 0 Å². The summed E-state index contributed by atoms with van der Waals surface area (Å²) in [4.78, 5) is 28.9. The van der Waals surface area contributed by atoms with Crippen LogP contribution in [0, 0.1) is 0 Å². The van der Waals surface area contributed by atoms with Crippen LogP contribution in [0.4, 0.5) is 9.59 Å². The number of thiophene rings is 1. The van der Waals surface area contributed by atoms with Crippen molar-refractivity contribution in [1.82, 2.24) is 20.4 Å². The summed E-state index contributed by atoms with van der Waals surface area (Å²) in [6.07, 6.45) is -0.252. The Bertz CT molecular complexity index is 549. The highest BCUT2D eigenvalue weighted by atomic mass is 32.1. The molecule has 1 fully saturated rings. The van der Waals surface area contributed by atoms with E-state index in [2.05, 4.69) is 15.5 Å². The third kappa shape index (κ3) is 7.31. The molecule has 3 amide bonds. The van der Waals surface area contributed by atoms with Crippen LogP contribution < -0.4 is 10.6 Å². The van der Waals surface area contributed by atoms with Crippen molar-refractivity contribution >= 4 is 23.5 Å². The van der Waals surface area contributed by atoms with Crippen molar-refractivity contribution in [2.24, 2.45) is 0 Å². The summed E-state index contributed by atoms with van der Waals surface area (Å²) in [5, 5.41) is 7.70. The fourth-order valence-corrected chi connectivity index (χ4v) is 3.10. The number of nitrogens with one attached hydrogen (secondary N) is 2. The number of piperazine rings is 1. The Morgan fingerprint density at radius 2 is 1.92 bits per heavy atom. The van der Waals surface area contributed by atoms with E-state index in [4.69, 9.17) is 4.74 Å². The molecule has 25 heavy (non-hydrogen) atoms. The lowest BCUT2D eigenvalue weighted by Crippen LogP contribution is -2.51. The number of ether oxygens (including phenoxy) is 1. The van der Waals surface area contributed by atoms with E-state index in [0.29, 0.717) is 26.2 Å². The number of hydrogen-bond acceptors (Lipinski definition) is 5. The maximum atomic E-state index is 12.0. The predicted octanol–water partition coefficient (Wildman–Crippen LogP) is 2.10. The van der Waals surface area contributed by atoms with Gasteiger partial charge in [0, 0.05) is 44.1 Å². The standard InChI is InChI=1S/C17H28N4O3S/c1-17(2,3)24-16(23)21-10-8-20(9-11-21)7-6-18-15(22)19-13-14-5-4-12-25-14/h4-5,12H,6-11,13H2,1-3H3,(H2,18,19,22). The third-order valence-corrected chi connectivity index (χ3v) is 4.62. The Morgan fingerprint density at radius 3 is 2.52 bits per heavy atom. The number of amides is 3. The van der Waals surface area contributed by atoms with Crippen molar-refractivity contribution in [3.8, 4) is 0 Å². The van der Waals surface area contributed by atoms with E-state index < -0.39 is 5.60 Å². The van der Waals surface area contributed by atoms with E-state index in [1.54, 1.807) is 16.2 Å². The van der Waals surface area contributed by atoms with Crippen LogP contribution in [0.3, 0.4) is 0 Å². The molecular weight excluding hydrogens is 340 g/mol. The van der Waals surface area contributed by atoms with Crippen LogP contribution in [0.5, 0.6) is 0 Å². The molecule has 2 rings (SSSR count). The topological polar surface area (TPSA) is 73.9 Å². The number of hydrogen-bond donors (Lipinski definition) is 2. The van der Waals surface area contributed by atoms with Crippen LogP contribution >= 0.6 is 11.3 Å². The summed E-state index contributed by atoms with van der Waals surface area (Å²) < 4.78 is 5.39. The zero-order valence-electron chi connectivity index (χ0n) is 15.2. The van der Waals surface area contributed by atoms with Gasteiger partial charge in [-0.1, -0.05) is 6.07 Å². The molecule has 0 spiro atoms. The lowest BCUT2D eigenvalue weighted by atomic mass is 10.2. The van der Waals surface area contributed by atoms with Gasteiger partial charge in [-0.25, -0.2) is 9.59 Å². The Labute approximate surface area is 153 Å². The highest BCUT2D eigenvalue weighted by molar-refractivity contribution is 7.09. The van der Waals surface area contributed by atoms with E-state index in [1.165, 1.54) is 0 Å². The lowest BCUT2D eigenvalue weighted by molar-refractivity contribution is 0.0147. The van der Waals surface area contributed by atoms with Crippen LogP contribution in [0.25, 0.3) is 0 Å². The molecule has 0 atom stereocenters. The quantitative estimate of drug-likeness (QED) is 0.835. The van der Waals surface area contributed by atoms with E-state index in [1.807, 2.05) is 38.3 Å². The monoisotopic (exact) mass is 368 g/mol. The zero-order valence-corrected chi connectivity index (χ0v) is 16.0. The fraction of sp³-hybridized carbons (Fsp3) is 0.647. The van der Waals surface area contributed by atoms with Crippen LogP contribution in [0.15, 0.2) is 17.5 Å². The van der Waals surface area contributed by atoms with Crippen molar-refractivity contribution in [2.45, 2.75) is 32.9 Å². The van der Waals surface area contributed by atoms with Gasteiger partial charge in [0.05, 0.1) is 6.54 Å². The summed E-state index contributed by atoms with van der Waals surface area (Å²) >= 11 is 1.62. The highest BCUT2D eigenvalue weighted by Gasteiger charge is 2.25. The molecule has 1 aromatic rings.